The number of alkyl halides is 1. The quantitative estimate of drug-likeness (QED) is 0.604. The van der Waals surface area contributed by atoms with Crippen molar-refractivity contribution in [1.82, 2.24) is 5.32 Å². The Morgan fingerprint density at radius 2 is 1.72 bits per heavy atom. The molecule has 1 amide bonds. The molecule has 0 aromatic heterocycles. The Balaban J connectivity index is 1.37. The van der Waals surface area contributed by atoms with Gasteiger partial charge in [0.15, 0.2) is 6.10 Å². The van der Waals surface area contributed by atoms with E-state index in [9.17, 15) is 9.59 Å². The zero-order valence-electron chi connectivity index (χ0n) is 15.2. The minimum Gasteiger partial charge on any atom is -0.452 e. The second kappa shape index (κ2) is 6.44. The summed E-state index contributed by atoms with van der Waals surface area (Å²) >= 11 is 6.81. The first-order valence-electron chi connectivity index (χ1n) is 10.1. The zero-order valence-corrected chi connectivity index (χ0v) is 15.9. The number of hydrogen-bond acceptors (Lipinski definition) is 3. The predicted octanol–water partition coefficient (Wildman–Crippen LogP) is 3.94. The van der Waals surface area contributed by atoms with Crippen LogP contribution in [-0.2, 0) is 14.3 Å². The summed E-state index contributed by atoms with van der Waals surface area (Å²) in [4.78, 5) is 25.2. The number of halogens is 1. The molecule has 5 fully saturated rings. The molecule has 0 aromatic rings. The highest BCUT2D eigenvalue weighted by atomic mass is 35.5. The van der Waals surface area contributed by atoms with Gasteiger partial charge < -0.3 is 10.1 Å². The maximum absolute atomic E-state index is 13.0. The molecule has 0 aromatic carbocycles. The number of nitrogens with one attached hydrogen (secondary N) is 1. The smallest absolute Gasteiger partial charge is 0.312 e. The second-order valence-electron chi connectivity index (χ2n) is 9.28. The first-order valence-corrected chi connectivity index (χ1v) is 10.5. The molecule has 5 saturated carbocycles. The number of carbonyl (C=O) groups excluding carboxylic acids is 2. The summed E-state index contributed by atoms with van der Waals surface area (Å²) in [5.41, 5.74) is -0.439. The minimum absolute atomic E-state index is 0.148. The third kappa shape index (κ3) is 3.43. The SMILES string of the molecule is C[C@@H](OC(=O)C12C[C@@H]3C[C@H](CC(Cl)(C3)C1)C2)C(=O)NC1CCCCC1. The Kier molecular flexibility index (Phi) is 4.54. The van der Waals surface area contributed by atoms with Gasteiger partial charge in [-0.1, -0.05) is 19.3 Å². The van der Waals surface area contributed by atoms with E-state index in [4.69, 9.17) is 16.3 Å². The van der Waals surface area contributed by atoms with Crippen LogP contribution in [0.1, 0.15) is 77.6 Å². The van der Waals surface area contributed by atoms with Gasteiger partial charge in [-0.05, 0) is 70.1 Å². The summed E-state index contributed by atoms with van der Waals surface area (Å²) in [6, 6.07) is 0.244. The molecule has 25 heavy (non-hydrogen) atoms. The van der Waals surface area contributed by atoms with Gasteiger partial charge in [0.05, 0.1) is 5.41 Å². The second-order valence-corrected chi connectivity index (χ2v) is 10.1. The topological polar surface area (TPSA) is 55.4 Å². The van der Waals surface area contributed by atoms with E-state index in [1.54, 1.807) is 6.92 Å². The molecule has 1 N–H and O–H groups in total. The van der Waals surface area contributed by atoms with Crippen molar-refractivity contribution in [3.63, 3.8) is 0 Å². The van der Waals surface area contributed by atoms with Gasteiger partial charge in [-0.15, -0.1) is 11.6 Å². The van der Waals surface area contributed by atoms with Crippen molar-refractivity contribution in [3.8, 4) is 0 Å². The van der Waals surface area contributed by atoms with Gasteiger partial charge in [-0.3, -0.25) is 9.59 Å². The normalized spacial score (nSPS) is 41.4. The van der Waals surface area contributed by atoms with Crippen LogP contribution in [0.25, 0.3) is 0 Å². The van der Waals surface area contributed by atoms with Crippen LogP contribution in [0.2, 0.25) is 0 Å². The largest absolute Gasteiger partial charge is 0.452 e. The van der Waals surface area contributed by atoms with Crippen molar-refractivity contribution in [1.29, 1.82) is 0 Å². The molecule has 3 atom stereocenters. The van der Waals surface area contributed by atoms with Crippen LogP contribution >= 0.6 is 11.6 Å². The lowest BCUT2D eigenvalue weighted by Crippen LogP contribution is -2.57. The van der Waals surface area contributed by atoms with Crippen molar-refractivity contribution in [2.24, 2.45) is 17.3 Å². The Morgan fingerprint density at radius 1 is 1.08 bits per heavy atom. The van der Waals surface area contributed by atoms with Crippen LogP contribution in [-0.4, -0.2) is 28.9 Å². The monoisotopic (exact) mass is 367 g/mol. The van der Waals surface area contributed by atoms with E-state index in [0.29, 0.717) is 11.8 Å². The molecule has 0 heterocycles. The summed E-state index contributed by atoms with van der Waals surface area (Å²) in [6.45, 7) is 1.70. The van der Waals surface area contributed by atoms with Gasteiger partial charge in [-0.25, -0.2) is 0 Å². The molecule has 140 valence electrons. The zero-order chi connectivity index (χ0) is 17.7. The first kappa shape index (κ1) is 17.6. The number of carbonyl (C=O) groups is 2. The van der Waals surface area contributed by atoms with Crippen LogP contribution in [0.4, 0.5) is 0 Å². The Bertz CT molecular complexity index is 543. The van der Waals surface area contributed by atoms with Gasteiger partial charge in [0.1, 0.15) is 0 Å². The highest BCUT2D eigenvalue weighted by molar-refractivity contribution is 6.24. The van der Waals surface area contributed by atoms with Crippen molar-refractivity contribution in [3.05, 3.63) is 0 Å². The van der Waals surface area contributed by atoms with Crippen LogP contribution < -0.4 is 5.32 Å². The van der Waals surface area contributed by atoms with Crippen molar-refractivity contribution in [2.75, 3.05) is 0 Å². The van der Waals surface area contributed by atoms with Crippen LogP contribution in [0.15, 0.2) is 0 Å². The molecule has 4 bridgehead atoms. The summed E-state index contributed by atoms with van der Waals surface area (Å²) in [6.07, 6.45) is 10.8. The number of rotatable bonds is 4. The van der Waals surface area contributed by atoms with Gasteiger partial charge in [0.25, 0.3) is 5.91 Å². The van der Waals surface area contributed by atoms with E-state index in [1.165, 1.54) is 25.7 Å². The van der Waals surface area contributed by atoms with Crippen LogP contribution in [0, 0.1) is 17.3 Å². The molecule has 5 heteroatoms. The van der Waals surface area contributed by atoms with E-state index in [0.717, 1.165) is 44.9 Å². The molecule has 5 aliphatic carbocycles. The van der Waals surface area contributed by atoms with Crippen molar-refractivity contribution < 1.29 is 14.3 Å². The molecule has 0 radical (unpaired) electrons. The molecule has 0 unspecified atom stereocenters. The Labute approximate surface area is 155 Å². The van der Waals surface area contributed by atoms with Crippen LogP contribution in [0.3, 0.4) is 0 Å². The highest BCUT2D eigenvalue weighted by Crippen LogP contribution is 2.64. The van der Waals surface area contributed by atoms with Crippen molar-refractivity contribution >= 4 is 23.5 Å². The number of amides is 1. The van der Waals surface area contributed by atoms with E-state index in [1.807, 2.05) is 0 Å². The van der Waals surface area contributed by atoms with E-state index in [-0.39, 0.29) is 22.8 Å². The molecular formula is C20H30ClNO3. The van der Waals surface area contributed by atoms with E-state index < -0.39 is 11.5 Å². The van der Waals surface area contributed by atoms with Crippen molar-refractivity contribution in [2.45, 2.75) is 94.6 Å². The number of hydrogen-bond donors (Lipinski definition) is 1. The fourth-order valence-corrected chi connectivity index (χ4v) is 6.99. The Hall–Kier alpha value is -0.770. The standard InChI is InChI=1S/C20H30ClNO3/c1-13(17(23)22-16-5-3-2-4-6-16)25-18(24)19-8-14-7-15(9-19)11-20(21,10-14)12-19/h13-16H,2-12H2,1H3,(H,22,23)/t13-,14+,15+,19?,20?/m1/s1. The molecule has 0 aliphatic heterocycles. The average Bonchev–Trinajstić information content (AvgIpc) is 2.53. The summed E-state index contributed by atoms with van der Waals surface area (Å²) < 4.78 is 5.67. The molecule has 5 rings (SSSR count). The minimum atomic E-state index is -0.714. The average molecular weight is 368 g/mol. The van der Waals surface area contributed by atoms with Gasteiger partial charge in [0.2, 0.25) is 0 Å². The molecule has 5 aliphatic rings. The Morgan fingerprint density at radius 3 is 2.32 bits per heavy atom. The first-order chi connectivity index (χ1) is 11.9. The lowest BCUT2D eigenvalue weighted by molar-refractivity contribution is -0.177. The number of esters is 1. The number of ether oxygens (including phenoxy) is 1. The van der Waals surface area contributed by atoms with Crippen LogP contribution in [0.5, 0.6) is 0 Å². The summed E-state index contributed by atoms with van der Waals surface area (Å²) in [5, 5.41) is 3.06. The molecular weight excluding hydrogens is 338 g/mol. The molecule has 0 saturated heterocycles. The fourth-order valence-electron chi connectivity index (χ4n) is 6.29. The lowest BCUT2D eigenvalue weighted by atomic mass is 9.49. The highest BCUT2D eigenvalue weighted by Gasteiger charge is 2.61. The summed E-state index contributed by atoms with van der Waals surface area (Å²) in [7, 11) is 0. The fraction of sp³-hybridized carbons (Fsp3) is 0.900. The maximum Gasteiger partial charge on any atom is 0.312 e. The molecule has 0 spiro atoms. The van der Waals surface area contributed by atoms with Gasteiger partial charge >= 0.3 is 5.97 Å². The van der Waals surface area contributed by atoms with Gasteiger partial charge in [0, 0.05) is 10.9 Å². The van der Waals surface area contributed by atoms with E-state index in [2.05, 4.69) is 5.32 Å². The lowest BCUT2D eigenvalue weighted by Gasteiger charge is -2.58. The van der Waals surface area contributed by atoms with E-state index >= 15 is 0 Å². The predicted molar refractivity (Wildman–Crippen MR) is 96.3 cm³/mol. The van der Waals surface area contributed by atoms with Gasteiger partial charge in [-0.2, -0.15) is 0 Å². The third-order valence-electron chi connectivity index (χ3n) is 7.03. The summed E-state index contributed by atoms with van der Waals surface area (Å²) in [5.74, 6) is 0.777. The molecule has 4 nitrogen and oxygen atoms in total. The maximum atomic E-state index is 13.0. The third-order valence-corrected chi connectivity index (χ3v) is 7.47.